The van der Waals surface area contributed by atoms with Gasteiger partial charge in [0.05, 0.1) is 11.8 Å². The minimum Gasteiger partial charge on any atom is -0.388 e. The van der Waals surface area contributed by atoms with Crippen molar-refractivity contribution in [2.45, 2.75) is 19.4 Å². The fraction of sp³-hybridized carbons (Fsp3) is 0.308. The number of aliphatic hydroxyl groups is 1. The highest BCUT2D eigenvalue weighted by Crippen LogP contribution is 2.23. The van der Waals surface area contributed by atoms with Gasteiger partial charge in [0.2, 0.25) is 0 Å². The van der Waals surface area contributed by atoms with Crippen molar-refractivity contribution in [2.24, 2.45) is 7.05 Å². The van der Waals surface area contributed by atoms with Crippen LogP contribution >= 0.6 is 0 Å². The second kappa shape index (κ2) is 5.05. The lowest BCUT2D eigenvalue weighted by atomic mass is 10.0. The summed E-state index contributed by atoms with van der Waals surface area (Å²) in [6, 6.07) is 2.85. The van der Waals surface area contributed by atoms with Gasteiger partial charge in [-0.3, -0.25) is 4.68 Å². The van der Waals surface area contributed by atoms with Crippen molar-refractivity contribution in [3.63, 3.8) is 0 Å². The Kier molecular flexibility index (Phi) is 3.61. The monoisotopic (exact) mass is 270 g/mol. The maximum Gasteiger partial charge on any atom is 0.161 e. The van der Waals surface area contributed by atoms with E-state index < -0.39 is 23.6 Å². The number of aromatic nitrogens is 2. The van der Waals surface area contributed by atoms with Crippen molar-refractivity contribution in [3.05, 3.63) is 52.6 Å². The van der Waals surface area contributed by atoms with E-state index in [9.17, 15) is 18.3 Å². The van der Waals surface area contributed by atoms with Gasteiger partial charge in [-0.2, -0.15) is 5.10 Å². The lowest BCUT2D eigenvalue weighted by Gasteiger charge is -2.12. The van der Waals surface area contributed by atoms with Crippen LogP contribution in [0.15, 0.2) is 18.2 Å². The molecule has 1 unspecified atom stereocenters. The molecule has 2 rings (SSSR count). The molecule has 0 aliphatic heterocycles. The van der Waals surface area contributed by atoms with E-state index in [0.29, 0.717) is 17.8 Å². The van der Waals surface area contributed by atoms with E-state index in [-0.39, 0.29) is 12.0 Å². The first-order chi connectivity index (χ1) is 8.88. The van der Waals surface area contributed by atoms with Crippen LogP contribution in [0.3, 0.4) is 0 Å². The zero-order chi connectivity index (χ0) is 14.2. The molecule has 0 amide bonds. The summed E-state index contributed by atoms with van der Waals surface area (Å²) in [5.74, 6) is -3.42. The molecule has 6 heteroatoms. The fourth-order valence-electron chi connectivity index (χ4n) is 1.96. The van der Waals surface area contributed by atoms with Gasteiger partial charge in [0.25, 0.3) is 0 Å². The first-order valence-electron chi connectivity index (χ1n) is 5.70. The largest absolute Gasteiger partial charge is 0.388 e. The van der Waals surface area contributed by atoms with E-state index in [2.05, 4.69) is 5.10 Å². The minimum atomic E-state index is -1.27. The number of aliphatic hydroxyl groups excluding tert-OH is 1. The topological polar surface area (TPSA) is 38.0 Å². The van der Waals surface area contributed by atoms with Crippen molar-refractivity contribution in [3.8, 4) is 0 Å². The average Bonchev–Trinajstić information content (AvgIpc) is 2.62. The van der Waals surface area contributed by atoms with Gasteiger partial charge in [0.15, 0.2) is 11.6 Å². The maximum atomic E-state index is 13.5. The number of halogens is 3. The van der Waals surface area contributed by atoms with Crippen LogP contribution in [0.1, 0.15) is 23.1 Å². The summed E-state index contributed by atoms with van der Waals surface area (Å²) in [5.41, 5.74) is 1.17. The second-order valence-corrected chi connectivity index (χ2v) is 4.41. The van der Waals surface area contributed by atoms with E-state index in [1.165, 1.54) is 0 Å². The molecule has 3 nitrogen and oxygen atoms in total. The average molecular weight is 270 g/mol. The highest BCUT2D eigenvalue weighted by molar-refractivity contribution is 5.24. The summed E-state index contributed by atoms with van der Waals surface area (Å²) < 4.78 is 40.9. The van der Waals surface area contributed by atoms with Crippen LogP contribution in [0.5, 0.6) is 0 Å². The number of nitrogens with zero attached hydrogens (tertiary/aromatic N) is 2. The van der Waals surface area contributed by atoms with Crippen LogP contribution in [0, 0.1) is 24.4 Å². The quantitative estimate of drug-likeness (QED) is 0.870. The molecule has 0 saturated carbocycles. The molecule has 0 aliphatic rings. The Labute approximate surface area is 108 Å². The molecule has 1 heterocycles. The van der Waals surface area contributed by atoms with Gasteiger partial charge in [-0.15, -0.1) is 0 Å². The van der Waals surface area contributed by atoms with Crippen LogP contribution < -0.4 is 0 Å². The Morgan fingerprint density at radius 3 is 2.37 bits per heavy atom. The summed E-state index contributed by atoms with van der Waals surface area (Å²) in [6.45, 7) is 1.79. The first kappa shape index (κ1) is 13.6. The minimum absolute atomic E-state index is 0.0688. The fourth-order valence-corrected chi connectivity index (χ4v) is 1.96. The van der Waals surface area contributed by atoms with Gasteiger partial charge in [0, 0.05) is 30.8 Å². The molecule has 0 spiro atoms. The predicted molar refractivity (Wildman–Crippen MR) is 62.9 cm³/mol. The predicted octanol–water partition coefficient (Wildman–Crippen LogP) is 2.42. The molecule has 0 aliphatic carbocycles. The normalized spacial score (nSPS) is 12.7. The molecule has 0 fully saturated rings. The third-order valence-corrected chi connectivity index (χ3v) is 2.90. The molecule has 1 aromatic carbocycles. The summed E-state index contributed by atoms with van der Waals surface area (Å²) in [5, 5.41) is 14.0. The molecule has 2 aromatic rings. The Bertz CT molecular complexity index is 610. The smallest absolute Gasteiger partial charge is 0.161 e. The molecule has 102 valence electrons. The third kappa shape index (κ3) is 2.78. The van der Waals surface area contributed by atoms with E-state index in [1.807, 2.05) is 0 Å². The van der Waals surface area contributed by atoms with Crippen LogP contribution in [0.25, 0.3) is 0 Å². The van der Waals surface area contributed by atoms with Crippen molar-refractivity contribution < 1.29 is 18.3 Å². The molecule has 19 heavy (non-hydrogen) atoms. The van der Waals surface area contributed by atoms with Crippen molar-refractivity contribution in [1.82, 2.24) is 9.78 Å². The van der Waals surface area contributed by atoms with E-state index in [1.54, 1.807) is 24.7 Å². The van der Waals surface area contributed by atoms with Gasteiger partial charge in [-0.05, 0) is 19.1 Å². The number of hydrogen-bond donors (Lipinski definition) is 1. The maximum absolute atomic E-state index is 13.5. The second-order valence-electron chi connectivity index (χ2n) is 4.41. The molecule has 0 saturated heterocycles. The van der Waals surface area contributed by atoms with Crippen LogP contribution in [-0.2, 0) is 13.5 Å². The standard InChI is InChI=1S/C13H13F3N2O/c1-7-3-8(18(2)17-7)4-13(19)9-5-11(15)12(16)6-10(9)14/h3,5-6,13,19H,4H2,1-2H3. The van der Waals surface area contributed by atoms with Crippen molar-refractivity contribution >= 4 is 0 Å². The summed E-state index contributed by atoms with van der Waals surface area (Å²) in [4.78, 5) is 0. The molecule has 0 bridgehead atoms. The van der Waals surface area contributed by atoms with Crippen molar-refractivity contribution in [1.29, 1.82) is 0 Å². The zero-order valence-corrected chi connectivity index (χ0v) is 10.5. The lowest BCUT2D eigenvalue weighted by Crippen LogP contribution is -2.09. The van der Waals surface area contributed by atoms with Gasteiger partial charge in [-0.25, -0.2) is 13.2 Å². The SMILES string of the molecule is Cc1cc(CC(O)c2cc(F)c(F)cc2F)n(C)n1. The van der Waals surface area contributed by atoms with E-state index in [4.69, 9.17) is 0 Å². The Balaban J connectivity index is 2.27. The molecular weight excluding hydrogens is 257 g/mol. The summed E-state index contributed by atoms with van der Waals surface area (Å²) >= 11 is 0. The lowest BCUT2D eigenvalue weighted by molar-refractivity contribution is 0.170. The number of rotatable bonds is 3. The highest BCUT2D eigenvalue weighted by Gasteiger charge is 2.18. The third-order valence-electron chi connectivity index (χ3n) is 2.90. The molecule has 0 radical (unpaired) electrons. The van der Waals surface area contributed by atoms with Crippen molar-refractivity contribution in [2.75, 3.05) is 0 Å². The van der Waals surface area contributed by atoms with E-state index in [0.717, 1.165) is 5.69 Å². The molecule has 1 atom stereocenters. The Morgan fingerprint density at radius 2 is 1.79 bits per heavy atom. The van der Waals surface area contributed by atoms with Gasteiger partial charge >= 0.3 is 0 Å². The Hall–Kier alpha value is -1.82. The van der Waals surface area contributed by atoms with Gasteiger partial charge < -0.3 is 5.11 Å². The molecule has 1 aromatic heterocycles. The Morgan fingerprint density at radius 1 is 1.16 bits per heavy atom. The van der Waals surface area contributed by atoms with Crippen LogP contribution in [0.2, 0.25) is 0 Å². The van der Waals surface area contributed by atoms with Crippen LogP contribution in [0.4, 0.5) is 13.2 Å². The summed E-state index contributed by atoms with van der Waals surface area (Å²) in [7, 11) is 1.69. The van der Waals surface area contributed by atoms with Gasteiger partial charge in [-0.1, -0.05) is 0 Å². The number of benzene rings is 1. The van der Waals surface area contributed by atoms with Gasteiger partial charge in [0.1, 0.15) is 5.82 Å². The highest BCUT2D eigenvalue weighted by atomic mass is 19.2. The first-order valence-corrected chi connectivity index (χ1v) is 5.70. The number of hydrogen-bond acceptors (Lipinski definition) is 2. The number of aryl methyl sites for hydroxylation is 2. The zero-order valence-electron chi connectivity index (χ0n) is 10.5. The summed E-state index contributed by atoms with van der Waals surface area (Å²) in [6.07, 6.45) is -1.19. The van der Waals surface area contributed by atoms with E-state index >= 15 is 0 Å². The molecular formula is C13H13F3N2O. The van der Waals surface area contributed by atoms with Crippen LogP contribution in [-0.4, -0.2) is 14.9 Å². The molecule has 1 N–H and O–H groups in total.